The Bertz CT molecular complexity index is 476. The highest BCUT2D eigenvalue weighted by Crippen LogP contribution is 2.29. The number of halogens is 2. The molecule has 1 aromatic carbocycles. The van der Waals surface area contributed by atoms with Gasteiger partial charge in [-0.05, 0) is 31.2 Å². The number of nitrogens with one attached hydrogen (secondary N) is 1. The normalized spacial score (nSPS) is 23.1. The van der Waals surface area contributed by atoms with Gasteiger partial charge in [-0.1, -0.05) is 6.92 Å². The average Bonchev–Trinajstić information content (AvgIpc) is 2.67. The Morgan fingerprint density at radius 3 is 2.61 bits per heavy atom. The maximum Gasteiger partial charge on any atom is 0.338 e. The Hall–Kier alpha value is -1.65. The van der Waals surface area contributed by atoms with Crippen molar-refractivity contribution in [3.8, 4) is 0 Å². The van der Waals surface area contributed by atoms with E-state index in [9.17, 15) is 13.6 Å². The van der Waals surface area contributed by atoms with Gasteiger partial charge in [0, 0.05) is 12.1 Å². The molecule has 98 valence electrons. The molecule has 2 N–H and O–H groups in total. The minimum atomic E-state index is -1.39. The Balaban J connectivity index is 2.22. The molecule has 0 saturated heterocycles. The first-order valence-electron chi connectivity index (χ1n) is 5.96. The van der Waals surface area contributed by atoms with Crippen molar-refractivity contribution in [2.75, 3.05) is 5.32 Å². The van der Waals surface area contributed by atoms with Crippen molar-refractivity contribution in [2.24, 2.45) is 5.92 Å². The van der Waals surface area contributed by atoms with Crippen LogP contribution >= 0.6 is 0 Å². The number of hydrogen-bond acceptors (Lipinski definition) is 2. The van der Waals surface area contributed by atoms with Gasteiger partial charge in [-0.3, -0.25) is 0 Å². The predicted octanol–water partition coefficient (Wildman–Crippen LogP) is 3.26. The molecule has 5 heteroatoms. The van der Waals surface area contributed by atoms with Crippen LogP contribution in [0.5, 0.6) is 0 Å². The van der Waals surface area contributed by atoms with Crippen molar-refractivity contribution >= 4 is 11.7 Å². The lowest BCUT2D eigenvalue weighted by atomic mass is 10.1. The zero-order chi connectivity index (χ0) is 13.3. The lowest BCUT2D eigenvalue weighted by molar-refractivity contribution is 0.0692. The first-order valence-corrected chi connectivity index (χ1v) is 5.96. The van der Waals surface area contributed by atoms with Gasteiger partial charge < -0.3 is 10.4 Å². The monoisotopic (exact) mass is 255 g/mol. The van der Waals surface area contributed by atoms with Crippen LogP contribution in [0.4, 0.5) is 14.5 Å². The van der Waals surface area contributed by atoms with Crippen LogP contribution in [-0.2, 0) is 0 Å². The fourth-order valence-corrected chi connectivity index (χ4v) is 2.38. The molecule has 0 aromatic heterocycles. The van der Waals surface area contributed by atoms with Gasteiger partial charge in [-0.15, -0.1) is 0 Å². The van der Waals surface area contributed by atoms with Crippen molar-refractivity contribution in [1.29, 1.82) is 0 Å². The van der Waals surface area contributed by atoms with E-state index in [0.29, 0.717) is 12.0 Å². The van der Waals surface area contributed by atoms with Crippen LogP contribution < -0.4 is 5.32 Å². The first-order chi connectivity index (χ1) is 8.47. The summed E-state index contributed by atoms with van der Waals surface area (Å²) >= 11 is 0. The molecule has 2 atom stereocenters. The number of benzene rings is 1. The van der Waals surface area contributed by atoms with E-state index in [1.54, 1.807) is 0 Å². The van der Waals surface area contributed by atoms with Crippen LogP contribution in [0.1, 0.15) is 36.5 Å². The second kappa shape index (κ2) is 4.92. The van der Waals surface area contributed by atoms with Gasteiger partial charge in [0.2, 0.25) is 0 Å². The van der Waals surface area contributed by atoms with Gasteiger partial charge in [0.05, 0.1) is 11.3 Å². The van der Waals surface area contributed by atoms with E-state index >= 15 is 0 Å². The van der Waals surface area contributed by atoms with Gasteiger partial charge >= 0.3 is 5.97 Å². The summed E-state index contributed by atoms with van der Waals surface area (Å²) in [6, 6.07) is 1.77. The van der Waals surface area contributed by atoms with Crippen LogP contribution in [0.2, 0.25) is 0 Å². The quantitative estimate of drug-likeness (QED) is 0.871. The van der Waals surface area contributed by atoms with Gasteiger partial charge in [-0.2, -0.15) is 0 Å². The standard InChI is InChI=1S/C13H15F2NO2/c1-7-2-3-8(4-7)16-12-5-9(13(17)18)10(14)6-11(12)15/h5-8,16H,2-4H2,1H3,(H,17,18). The SMILES string of the molecule is CC1CCC(Nc2cc(C(=O)O)c(F)cc2F)C1. The molecule has 0 bridgehead atoms. The molecule has 1 aromatic rings. The summed E-state index contributed by atoms with van der Waals surface area (Å²) in [6.45, 7) is 2.12. The van der Waals surface area contributed by atoms with Crippen molar-refractivity contribution in [1.82, 2.24) is 0 Å². The minimum Gasteiger partial charge on any atom is -0.478 e. The molecule has 2 unspecified atom stereocenters. The molecule has 18 heavy (non-hydrogen) atoms. The smallest absolute Gasteiger partial charge is 0.338 e. The van der Waals surface area contributed by atoms with E-state index in [2.05, 4.69) is 12.2 Å². The van der Waals surface area contributed by atoms with E-state index in [1.165, 1.54) is 0 Å². The zero-order valence-corrected chi connectivity index (χ0v) is 10.0. The van der Waals surface area contributed by atoms with Crippen molar-refractivity contribution in [3.05, 3.63) is 29.3 Å². The predicted molar refractivity (Wildman–Crippen MR) is 63.7 cm³/mol. The molecule has 0 aliphatic heterocycles. The summed E-state index contributed by atoms with van der Waals surface area (Å²) in [5.74, 6) is -2.62. The lowest BCUT2D eigenvalue weighted by Gasteiger charge is -2.15. The highest BCUT2D eigenvalue weighted by molar-refractivity contribution is 5.89. The molecule has 0 radical (unpaired) electrons. The molecule has 1 fully saturated rings. The summed E-state index contributed by atoms with van der Waals surface area (Å²) in [4.78, 5) is 10.8. The summed E-state index contributed by atoms with van der Waals surface area (Å²) in [7, 11) is 0. The Kier molecular flexibility index (Phi) is 3.50. The molecule has 1 aliphatic carbocycles. The lowest BCUT2D eigenvalue weighted by Crippen LogP contribution is -2.17. The fourth-order valence-electron chi connectivity index (χ4n) is 2.38. The van der Waals surface area contributed by atoms with Gasteiger partial charge in [0.25, 0.3) is 0 Å². The van der Waals surface area contributed by atoms with E-state index in [4.69, 9.17) is 5.11 Å². The third kappa shape index (κ3) is 2.60. The zero-order valence-electron chi connectivity index (χ0n) is 10.0. The number of aromatic carboxylic acids is 1. The maximum absolute atomic E-state index is 13.5. The van der Waals surface area contributed by atoms with Crippen LogP contribution in [0.15, 0.2) is 12.1 Å². The molecular weight excluding hydrogens is 240 g/mol. The van der Waals surface area contributed by atoms with Crippen molar-refractivity contribution in [3.63, 3.8) is 0 Å². The van der Waals surface area contributed by atoms with E-state index in [-0.39, 0.29) is 11.7 Å². The highest BCUT2D eigenvalue weighted by Gasteiger charge is 2.23. The summed E-state index contributed by atoms with van der Waals surface area (Å²) in [5.41, 5.74) is -0.446. The second-order valence-corrected chi connectivity index (χ2v) is 4.88. The maximum atomic E-state index is 13.5. The van der Waals surface area contributed by atoms with Crippen LogP contribution in [-0.4, -0.2) is 17.1 Å². The summed E-state index contributed by atoms with van der Waals surface area (Å²) in [6.07, 6.45) is 2.89. The number of carboxylic acids is 1. The number of hydrogen-bond donors (Lipinski definition) is 2. The van der Waals surface area contributed by atoms with Gasteiger partial charge in [0.1, 0.15) is 11.6 Å². The van der Waals surface area contributed by atoms with Crippen molar-refractivity contribution < 1.29 is 18.7 Å². The topological polar surface area (TPSA) is 49.3 Å². The minimum absolute atomic E-state index is 0.0629. The molecule has 2 rings (SSSR count). The molecule has 3 nitrogen and oxygen atoms in total. The Morgan fingerprint density at radius 2 is 2.06 bits per heavy atom. The summed E-state index contributed by atoms with van der Waals surface area (Å²) in [5, 5.41) is 11.8. The first kappa shape index (κ1) is 12.8. The van der Waals surface area contributed by atoms with Crippen LogP contribution in [0, 0.1) is 17.6 Å². The Labute approximate surface area is 104 Å². The summed E-state index contributed by atoms with van der Waals surface area (Å²) < 4.78 is 26.8. The van der Waals surface area contributed by atoms with Gasteiger partial charge in [0.15, 0.2) is 0 Å². The molecule has 0 heterocycles. The van der Waals surface area contributed by atoms with E-state index in [1.807, 2.05) is 0 Å². The molecule has 0 amide bonds. The highest BCUT2D eigenvalue weighted by atomic mass is 19.1. The van der Waals surface area contributed by atoms with Crippen LogP contribution in [0.3, 0.4) is 0 Å². The average molecular weight is 255 g/mol. The van der Waals surface area contributed by atoms with Gasteiger partial charge in [-0.25, -0.2) is 13.6 Å². The third-order valence-corrected chi connectivity index (χ3v) is 3.34. The molecule has 1 aliphatic rings. The Morgan fingerprint density at radius 1 is 1.33 bits per heavy atom. The van der Waals surface area contributed by atoms with Crippen molar-refractivity contribution in [2.45, 2.75) is 32.2 Å². The number of carboxylic acid groups (broad SMARTS) is 1. The largest absolute Gasteiger partial charge is 0.478 e. The fraction of sp³-hybridized carbons (Fsp3) is 0.462. The van der Waals surface area contributed by atoms with Crippen LogP contribution in [0.25, 0.3) is 0 Å². The second-order valence-electron chi connectivity index (χ2n) is 4.88. The number of carbonyl (C=O) groups is 1. The van der Waals surface area contributed by atoms with E-state index < -0.39 is 23.2 Å². The van der Waals surface area contributed by atoms with E-state index in [0.717, 1.165) is 25.3 Å². The number of rotatable bonds is 3. The number of anilines is 1. The molecule has 0 spiro atoms. The molecular formula is C13H15F2NO2. The third-order valence-electron chi connectivity index (χ3n) is 3.34. The molecule has 1 saturated carbocycles.